The van der Waals surface area contributed by atoms with E-state index < -0.39 is 5.97 Å². The van der Waals surface area contributed by atoms with Gasteiger partial charge in [0.15, 0.2) is 0 Å². The molecule has 1 rings (SSSR count). The van der Waals surface area contributed by atoms with Gasteiger partial charge in [-0.15, -0.1) is 0 Å². The molecule has 3 N–H and O–H groups in total. The van der Waals surface area contributed by atoms with E-state index in [1.54, 1.807) is 24.3 Å². The van der Waals surface area contributed by atoms with E-state index in [0.29, 0.717) is 17.8 Å². The maximum atomic E-state index is 12.5. The van der Waals surface area contributed by atoms with E-state index in [1.807, 2.05) is 27.7 Å². The predicted molar refractivity (Wildman–Crippen MR) is 92.1 cm³/mol. The number of nitrogens with one attached hydrogen (secondary N) is 2. The number of hydrogen-bond donors (Lipinski definition) is 3. The molecule has 0 unspecified atom stereocenters. The van der Waals surface area contributed by atoms with E-state index in [-0.39, 0.29) is 30.4 Å². The average molecular weight is 335 g/mol. The molecule has 0 heterocycles. The smallest absolute Gasteiger partial charge is 0.323 e. The highest BCUT2D eigenvalue weighted by molar-refractivity contribution is 5.97. The van der Waals surface area contributed by atoms with Gasteiger partial charge in [-0.3, -0.25) is 9.59 Å². The van der Waals surface area contributed by atoms with Crippen LogP contribution in [0.15, 0.2) is 24.3 Å². The number of hydrogen-bond acceptors (Lipinski definition) is 3. The van der Waals surface area contributed by atoms with Crippen LogP contribution in [0.2, 0.25) is 0 Å². The van der Waals surface area contributed by atoms with Gasteiger partial charge in [0, 0.05) is 23.8 Å². The molecule has 0 aromatic heterocycles. The van der Waals surface area contributed by atoms with Gasteiger partial charge in [0.1, 0.15) is 6.54 Å². The first-order valence-corrected chi connectivity index (χ1v) is 7.87. The molecule has 7 heteroatoms. The third kappa shape index (κ3) is 6.68. The van der Waals surface area contributed by atoms with E-state index >= 15 is 0 Å². The summed E-state index contributed by atoms with van der Waals surface area (Å²) in [5.74, 6) is -1.23. The number of anilines is 1. The summed E-state index contributed by atoms with van der Waals surface area (Å²) in [7, 11) is 0. The topological polar surface area (TPSA) is 98.7 Å². The molecule has 132 valence electrons. The van der Waals surface area contributed by atoms with Crippen LogP contribution in [0.25, 0.3) is 0 Å². The van der Waals surface area contributed by atoms with Crippen LogP contribution in [0.1, 0.15) is 38.1 Å². The monoisotopic (exact) mass is 335 g/mol. The maximum absolute atomic E-state index is 12.5. The molecular formula is C17H25N3O4. The predicted octanol–water partition coefficient (Wildman–Crippen LogP) is 2.40. The van der Waals surface area contributed by atoms with E-state index in [1.165, 1.54) is 4.90 Å². The molecule has 0 bridgehead atoms. The van der Waals surface area contributed by atoms with E-state index in [9.17, 15) is 14.4 Å². The van der Waals surface area contributed by atoms with Crippen LogP contribution in [0.3, 0.4) is 0 Å². The number of carboxylic acids is 1. The second-order valence-corrected chi connectivity index (χ2v) is 6.30. The van der Waals surface area contributed by atoms with Crippen LogP contribution in [0, 0.1) is 5.92 Å². The van der Waals surface area contributed by atoms with Gasteiger partial charge in [-0.05, 0) is 44.0 Å². The maximum Gasteiger partial charge on any atom is 0.323 e. The molecule has 24 heavy (non-hydrogen) atoms. The number of aliphatic carboxylic acids is 1. The molecule has 0 atom stereocenters. The van der Waals surface area contributed by atoms with Crippen molar-refractivity contribution in [2.45, 2.75) is 33.7 Å². The summed E-state index contributed by atoms with van der Waals surface area (Å²) in [5.41, 5.74) is 0.935. The van der Waals surface area contributed by atoms with Crippen molar-refractivity contribution in [1.82, 2.24) is 10.2 Å². The van der Waals surface area contributed by atoms with Gasteiger partial charge < -0.3 is 20.6 Å². The van der Waals surface area contributed by atoms with Crippen LogP contribution in [0.5, 0.6) is 0 Å². The molecule has 0 aliphatic rings. The lowest BCUT2D eigenvalue weighted by Crippen LogP contribution is -2.38. The molecule has 1 aromatic rings. The molecule has 0 radical (unpaired) electrons. The summed E-state index contributed by atoms with van der Waals surface area (Å²) in [6.07, 6.45) is 0. The molecule has 1 aromatic carbocycles. The first-order chi connectivity index (χ1) is 11.2. The standard InChI is InChI=1S/C17H25N3O4/c1-11(2)9-20(10-15(21)22)16(23)13-5-7-14(8-6-13)19-17(24)18-12(3)4/h5-8,11-12H,9-10H2,1-4H3,(H,21,22)(H2,18,19,24). The lowest BCUT2D eigenvalue weighted by Gasteiger charge is -2.23. The van der Waals surface area contributed by atoms with Gasteiger partial charge in [-0.25, -0.2) is 4.79 Å². The Hall–Kier alpha value is -2.57. The lowest BCUT2D eigenvalue weighted by molar-refractivity contribution is -0.137. The molecule has 0 saturated carbocycles. The summed E-state index contributed by atoms with van der Waals surface area (Å²) >= 11 is 0. The van der Waals surface area contributed by atoms with Gasteiger partial charge >= 0.3 is 12.0 Å². The Morgan fingerprint density at radius 2 is 1.67 bits per heavy atom. The number of carbonyl (C=O) groups excluding carboxylic acids is 2. The highest BCUT2D eigenvalue weighted by Crippen LogP contribution is 2.13. The SMILES string of the molecule is CC(C)CN(CC(=O)O)C(=O)c1ccc(NC(=O)NC(C)C)cc1. The Morgan fingerprint density at radius 1 is 1.08 bits per heavy atom. The van der Waals surface area contributed by atoms with Crippen molar-refractivity contribution in [2.75, 3.05) is 18.4 Å². The quantitative estimate of drug-likeness (QED) is 0.712. The first kappa shape index (κ1) is 19.5. The van der Waals surface area contributed by atoms with E-state index in [0.717, 1.165) is 0 Å². The van der Waals surface area contributed by atoms with Crippen molar-refractivity contribution in [2.24, 2.45) is 5.92 Å². The zero-order valence-corrected chi connectivity index (χ0v) is 14.5. The summed E-state index contributed by atoms with van der Waals surface area (Å²) in [5, 5.41) is 14.3. The number of carboxylic acid groups (broad SMARTS) is 1. The Morgan fingerprint density at radius 3 is 2.12 bits per heavy atom. The van der Waals surface area contributed by atoms with Gasteiger partial charge in [0.05, 0.1) is 0 Å². The van der Waals surface area contributed by atoms with Gasteiger partial charge in [-0.1, -0.05) is 13.8 Å². The molecule has 0 spiro atoms. The number of benzene rings is 1. The van der Waals surface area contributed by atoms with Crippen LogP contribution in [-0.2, 0) is 4.79 Å². The Labute approximate surface area is 142 Å². The lowest BCUT2D eigenvalue weighted by atomic mass is 10.1. The third-order valence-electron chi connectivity index (χ3n) is 3.01. The zero-order chi connectivity index (χ0) is 18.3. The van der Waals surface area contributed by atoms with Crippen LogP contribution >= 0.6 is 0 Å². The van der Waals surface area contributed by atoms with Crippen molar-refractivity contribution in [3.63, 3.8) is 0 Å². The largest absolute Gasteiger partial charge is 0.480 e. The van der Waals surface area contributed by atoms with Gasteiger partial charge in [-0.2, -0.15) is 0 Å². The Bertz CT molecular complexity index is 582. The van der Waals surface area contributed by atoms with Crippen molar-refractivity contribution < 1.29 is 19.5 Å². The normalized spacial score (nSPS) is 10.6. The Kier molecular flexibility index (Phi) is 7.23. The van der Waals surface area contributed by atoms with E-state index in [2.05, 4.69) is 10.6 Å². The minimum atomic E-state index is -1.05. The molecule has 0 saturated heterocycles. The molecule has 0 aliphatic carbocycles. The van der Waals surface area contributed by atoms with Crippen molar-refractivity contribution in [3.8, 4) is 0 Å². The molecule has 3 amide bonds. The highest BCUT2D eigenvalue weighted by atomic mass is 16.4. The van der Waals surface area contributed by atoms with Crippen molar-refractivity contribution in [1.29, 1.82) is 0 Å². The van der Waals surface area contributed by atoms with Crippen molar-refractivity contribution in [3.05, 3.63) is 29.8 Å². The summed E-state index contributed by atoms with van der Waals surface area (Å²) in [6, 6.07) is 6.07. The first-order valence-electron chi connectivity index (χ1n) is 7.87. The van der Waals surface area contributed by atoms with Crippen LogP contribution < -0.4 is 10.6 Å². The zero-order valence-electron chi connectivity index (χ0n) is 14.5. The fraction of sp³-hybridized carbons (Fsp3) is 0.471. The summed E-state index contributed by atoms with van der Waals surface area (Å²) in [4.78, 5) is 36.3. The van der Waals surface area contributed by atoms with Gasteiger partial charge in [0.2, 0.25) is 0 Å². The van der Waals surface area contributed by atoms with Crippen molar-refractivity contribution >= 4 is 23.6 Å². The fourth-order valence-corrected chi connectivity index (χ4v) is 2.13. The third-order valence-corrected chi connectivity index (χ3v) is 3.01. The van der Waals surface area contributed by atoms with Crippen LogP contribution in [0.4, 0.5) is 10.5 Å². The minimum Gasteiger partial charge on any atom is -0.480 e. The fourth-order valence-electron chi connectivity index (χ4n) is 2.13. The number of rotatable bonds is 7. The van der Waals surface area contributed by atoms with Gasteiger partial charge in [0.25, 0.3) is 5.91 Å². The van der Waals surface area contributed by atoms with Crippen LogP contribution in [-0.4, -0.2) is 47.0 Å². The number of amides is 3. The Balaban J connectivity index is 2.80. The number of carbonyl (C=O) groups is 3. The second-order valence-electron chi connectivity index (χ2n) is 6.30. The molecule has 0 aliphatic heterocycles. The number of nitrogens with zero attached hydrogens (tertiary/aromatic N) is 1. The molecule has 7 nitrogen and oxygen atoms in total. The molecular weight excluding hydrogens is 310 g/mol. The summed E-state index contributed by atoms with van der Waals surface area (Å²) in [6.45, 7) is 7.57. The molecule has 0 fully saturated rings. The van der Waals surface area contributed by atoms with E-state index in [4.69, 9.17) is 5.11 Å². The summed E-state index contributed by atoms with van der Waals surface area (Å²) < 4.78 is 0. The number of urea groups is 1. The second kappa shape index (κ2) is 8.90. The highest BCUT2D eigenvalue weighted by Gasteiger charge is 2.19. The minimum absolute atomic E-state index is 0.0199. The average Bonchev–Trinajstić information content (AvgIpc) is 2.44.